The number of carbonyl (C=O) groups is 1. The van der Waals surface area contributed by atoms with Gasteiger partial charge in [0, 0.05) is 31.6 Å². The highest BCUT2D eigenvalue weighted by atomic mass is 127. The number of nitrogens with zero attached hydrogens (tertiary/aromatic N) is 2. The molecule has 0 bridgehead atoms. The van der Waals surface area contributed by atoms with E-state index in [0.29, 0.717) is 29.0 Å². The minimum Gasteiger partial charge on any atom is -0.454 e. The van der Waals surface area contributed by atoms with Crippen molar-refractivity contribution in [2.45, 2.75) is 58.0 Å². The maximum atomic E-state index is 12.8. The van der Waals surface area contributed by atoms with E-state index in [0.717, 1.165) is 50.4 Å². The normalized spacial score (nSPS) is 21.0. The van der Waals surface area contributed by atoms with Crippen molar-refractivity contribution in [2.24, 2.45) is 10.9 Å². The molecule has 1 saturated heterocycles. The molecule has 0 aromatic heterocycles. The molecule has 2 N–H and O–H groups in total. The predicted molar refractivity (Wildman–Crippen MR) is 133 cm³/mol. The first-order valence-electron chi connectivity index (χ1n) is 11.1. The predicted octanol–water partition coefficient (Wildman–Crippen LogP) is 3.92. The highest BCUT2D eigenvalue weighted by molar-refractivity contribution is 14.0. The summed E-state index contributed by atoms with van der Waals surface area (Å²) >= 11 is 6.28. The van der Waals surface area contributed by atoms with Crippen LogP contribution in [0.25, 0.3) is 0 Å². The molecule has 1 aliphatic carbocycles. The zero-order valence-corrected chi connectivity index (χ0v) is 21.1. The fourth-order valence-corrected chi connectivity index (χ4v) is 4.77. The third-order valence-corrected chi connectivity index (χ3v) is 6.33. The molecule has 1 atom stereocenters. The summed E-state index contributed by atoms with van der Waals surface area (Å²) in [5.41, 5.74) is 0.960. The summed E-state index contributed by atoms with van der Waals surface area (Å²) in [6.45, 7) is 5.06. The van der Waals surface area contributed by atoms with E-state index in [1.54, 1.807) is 0 Å². The molecule has 9 heteroatoms. The van der Waals surface area contributed by atoms with Crippen LogP contribution in [0.5, 0.6) is 11.5 Å². The first kappa shape index (κ1) is 24.2. The second-order valence-electron chi connectivity index (χ2n) is 8.26. The number of nitrogens with one attached hydrogen (secondary N) is 2. The van der Waals surface area contributed by atoms with Crippen molar-refractivity contribution in [1.82, 2.24) is 15.5 Å². The van der Waals surface area contributed by atoms with Crippen LogP contribution in [0.3, 0.4) is 0 Å². The Morgan fingerprint density at radius 3 is 2.81 bits per heavy atom. The molecular weight excluding hydrogens is 531 g/mol. The number of hydrogen-bond donors (Lipinski definition) is 2. The molecule has 31 heavy (non-hydrogen) atoms. The Hall–Kier alpha value is -1.42. The van der Waals surface area contributed by atoms with Crippen molar-refractivity contribution in [2.75, 3.05) is 26.4 Å². The highest BCUT2D eigenvalue weighted by Gasteiger charge is 2.31. The van der Waals surface area contributed by atoms with Crippen LogP contribution < -0.4 is 20.1 Å². The zero-order valence-electron chi connectivity index (χ0n) is 18.0. The van der Waals surface area contributed by atoms with Gasteiger partial charge in [0.05, 0.1) is 11.6 Å². The summed E-state index contributed by atoms with van der Waals surface area (Å²) in [4.78, 5) is 19.6. The lowest BCUT2D eigenvalue weighted by Crippen LogP contribution is -2.45. The SMILES string of the molecule is CCNC(=NCc1cc(Cl)c2c(c1)OCO2)NC1CCN(C(=O)C2CCCCC2)C1.I. The number of hydrogen-bond acceptors (Lipinski definition) is 4. The van der Waals surface area contributed by atoms with Crippen molar-refractivity contribution >= 4 is 47.4 Å². The fraction of sp³-hybridized carbons (Fsp3) is 0.636. The van der Waals surface area contributed by atoms with Crippen LogP contribution in [0.15, 0.2) is 17.1 Å². The summed E-state index contributed by atoms with van der Waals surface area (Å²) in [6, 6.07) is 4.00. The third-order valence-electron chi connectivity index (χ3n) is 6.05. The molecule has 2 heterocycles. The fourth-order valence-electron chi connectivity index (χ4n) is 4.48. The standard InChI is InChI=1S/C22H31ClN4O3.HI/c1-2-24-22(25-12-15-10-18(23)20-19(11-15)29-14-30-20)26-17-8-9-27(13-17)21(28)16-6-4-3-5-7-16;/h10-11,16-17H,2-9,12-14H2,1H3,(H2,24,25,26);1H. The molecule has 3 aliphatic rings. The summed E-state index contributed by atoms with van der Waals surface area (Å²) < 4.78 is 10.8. The zero-order chi connectivity index (χ0) is 20.9. The van der Waals surface area contributed by atoms with E-state index in [-0.39, 0.29) is 42.7 Å². The molecule has 7 nitrogen and oxygen atoms in total. The Bertz CT molecular complexity index is 801. The number of aliphatic imine (C=N–C) groups is 1. The minimum absolute atomic E-state index is 0. The van der Waals surface area contributed by atoms with Crippen LogP contribution in [0.2, 0.25) is 5.02 Å². The second-order valence-corrected chi connectivity index (χ2v) is 8.66. The lowest BCUT2D eigenvalue weighted by Gasteiger charge is -2.26. The first-order chi connectivity index (χ1) is 14.6. The number of likely N-dealkylation sites (tertiary alicyclic amines) is 1. The van der Waals surface area contributed by atoms with Gasteiger partial charge in [-0.25, -0.2) is 4.99 Å². The monoisotopic (exact) mass is 562 g/mol. The largest absolute Gasteiger partial charge is 0.454 e. The molecule has 2 aliphatic heterocycles. The lowest BCUT2D eigenvalue weighted by atomic mass is 9.88. The van der Waals surface area contributed by atoms with E-state index in [1.807, 2.05) is 24.0 Å². The van der Waals surface area contributed by atoms with Gasteiger partial charge in [-0.15, -0.1) is 24.0 Å². The van der Waals surface area contributed by atoms with Crippen molar-refractivity contribution in [3.63, 3.8) is 0 Å². The third kappa shape index (κ3) is 6.09. The van der Waals surface area contributed by atoms with Gasteiger partial charge in [-0.2, -0.15) is 0 Å². The Balaban J connectivity index is 0.00000272. The van der Waals surface area contributed by atoms with E-state index >= 15 is 0 Å². The van der Waals surface area contributed by atoms with E-state index < -0.39 is 0 Å². The second kappa shape index (κ2) is 11.4. The van der Waals surface area contributed by atoms with Crippen LogP contribution in [0.4, 0.5) is 0 Å². The summed E-state index contributed by atoms with van der Waals surface area (Å²) in [6.07, 6.45) is 6.69. The molecule has 1 aromatic rings. The van der Waals surface area contributed by atoms with E-state index in [4.69, 9.17) is 26.1 Å². The van der Waals surface area contributed by atoms with Gasteiger partial charge >= 0.3 is 0 Å². The molecule has 0 radical (unpaired) electrons. The summed E-state index contributed by atoms with van der Waals surface area (Å²) in [7, 11) is 0. The van der Waals surface area contributed by atoms with Crippen molar-refractivity contribution in [1.29, 1.82) is 0 Å². The molecular formula is C22H32ClIN4O3. The molecule has 4 rings (SSSR count). The van der Waals surface area contributed by atoms with E-state index in [1.165, 1.54) is 19.3 Å². The number of halogens is 2. The molecule has 172 valence electrons. The van der Waals surface area contributed by atoms with E-state index in [2.05, 4.69) is 10.6 Å². The molecule has 1 aromatic carbocycles. The van der Waals surface area contributed by atoms with Crippen LogP contribution >= 0.6 is 35.6 Å². The van der Waals surface area contributed by atoms with Gasteiger partial charge in [0.2, 0.25) is 12.7 Å². The first-order valence-corrected chi connectivity index (χ1v) is 11.4. The molecule has 0 spiro atoms. The van der Waals surface area contributed by atoms with Crippen molar-refractivity contribution in [3.05, 3.63) is 22.7 Å². The number of guanidine groups is 1. The maximum absolute atomic E-state index is 12.8. The maximum Gasteiger partial charge on any atom is 0.231 e. The molecule has 1 amide bonds. The number of ether oxygens (including phenoxy) is 2. The number of rotatable bonds is 5. The number of benzene rings is 1. The quantitative estimate of drug-likeness (QED) is 0.323. The van der Waals surface area contributed by atoms with Gasteiger partial charge in [0.25, 0.3) is 0 Å². The lowest BCUT2D eigenvalue weighted by molar-refractivity contribution is -0.135. The van der Waals surface area contributed by atoms with Crippen LogP contribution in [-0.2, 0) is 11.3 Å². The highest BCUT2D eigenvalue weighted by Crippen LogP contribution is 2.39. The van der Waals surface area contributed by atoms with Gasteiger partial charge in [0.15, 0.2) is 17.5 Å². The van der Waals surface area contributed by atoms with Gasteiger partial charge < -0.3 is 25.0 Å². The molecule has 2 fully saturated rings. The Morgan fingerprint density at radius 2 is 2.03 bits per heavy atom. The minimum atomic E-state index is 0. The number of fused-ring (bicyclic) bond motifs is 1. The number of carbonyl (C=O) groups excluding carboxylic acids is 1. The van der Waals surface area contributed by atoms with Crippen molar-refractivity contribution < 1.29 is 14.3 Å². The van der Waals surface area contributed by atoms with E-state index in [9.17, 15) is 4.79 Å². The van der Waals surface area contributed by atoms with Gasteiger partial charge in [-0.05, 0) is 43.9 Å². The molecule has 1 unspecified atom stereocenters. The van der Waals surface area contributed by atoms with Crippen LogP contribution in [0, 0.1) is 5.92 Å². The summed E-state index contributed by atoms with van der Waals surface area (Å²) in [5.74, 6) is 2.59. The van der Waals surface area contributed by atoms with Gasteiger partial charge in [0.1, 0.15) is 0 Å². The van der Waals surface area contributed by atoms with Crippen LogP contribution in [0.1, 0.15) is 51.0 Å². The topological polar surface area (TPSA) is 75.2 Å². The van der Waals surface area contributed by atoms with Gasteiger partial charge in [-0.3, -0.25) is 4.79 Å². The summed E-state index contributed by atoms with van der Waals surface area (Å²) in [5, 5.41) is 7.34. The smallest absolute Gasteiger partial charge is 0.231 e. The van der Waals surface area contributed by atoms with Crippen LogP contribution in [-0.4, -0.2) is 49.2 Å². The average molecular weight is 563 g/mol. The van der Waals surface area contributed by atoms with Gasteiger partial charge in [-0.1, -0.05) is 30.9 Å². The Kier molecular flexibility index (Phi) is 8.95. The Morgan fingerprint density at radius 1 is 1.23 bits per heavy atom. The Labute approximate surface area is 206 Å². The average Bonchev–Trinajstić information content (AvgIpc) is 3.42. The van der Waals surface area contributed by atoms with Crippen molar-refractivity contribution in [3.8, 4) is 11.5 Å². The molecule has 1 saturated carbocycles. The number of amides is 1.